The van der Waals surface area contributed by atoms with E-state index in [2.05, 4.69) is 22.1 Å². The highest BCUT2D eigenvalue weighted by molar-refractivity contribution is 7.99. The quantitative estimate of drug-likeness (QED) is 0.196. The van der Waals surface area contributed by atoms with Crippen molar-refractivity contribution < 1.29 is 14.5 Å². The molecule has 172 valence electrons. The van der Waals surface area contributed by atoms with E-state index < -0.39 is 4.92 Å². The fourth-order valence-corrected chi connectivity index (χ4v) is 3.86. The van der Waals surface area contributed by atoms with E-state index in [0.717, 1.165) is 11.3 Å². The van der Waals surface area contributed by atoms with Gasteiger partial charge in [-0.3, -0.25) is 19.5 Å². The molecule has 10 heteroatoms. The first-order valence-electron chi connectivity index (χ1n) is 10.2. The number of carbonyl (C=O) groups excluding carboxylic acids is 1. The van der Waals surface area contributed by atoms with Crippen LogP contribution in [0.15, 0.2) is 60.3 Å². The predicted octanol–water partition coefficient (Wildman–Crippen LogP) is 4.86. The number of aryl methyl sites for hydroxylation is 2. The van der Waals surface area contributed by atoms with Crippen molar-refractivity contribution in [2.45, 2.75) is 38.6 Å². The highest BCUT2D eigenvalue weighted by Gasteiger charge is 2.21. The molecule has 0 radical (unpaired) electrons. The molecule has 3 aromatic rings. The van der Waals surface area contributed by atoms with Gasteiger partial charge in [-0.05, 0) is 50.1 Å². The van der Waals surface area contributed by atoms with E-state index in [0.29, 0.717) is 17.5 Å². The number of benzene rings is 2. The van der Waals surface area contributed by atoms with Gasteiger partial charge in [0.05, 0.1) is 10.7 Å². The van der Waals surface area contributed by atoms with Crippen LogP contribution in [0.5, 0.6) is 5.75 Å². The van der Waals surface area contributed by atoms with Gasteiger partial charge >= 0.3 is 0 Å². The molecule has 33 heavy (non-hydrogen) atoms. The number of rotatable bonds is 10. The maximum Gasteiger partial charge on any atom is 0.292 e. The zero-order chi connectivity index (χ0) is 24.0. The number of aromatic nitrogens is 3. The molecule has 0 spiro atoms. The Morgan fingerprint density at radius 2 is 2.03 bits per heavy atom. The summed E-state index contributed by atoms with van der Waals surface area (Å²) in [4.78, 5) is 23.0. The van der Waals surface area contributed by atoms with Crippen molar-refractivity contribution in [2.24, 2.45) is 0 Å². The lowest BCUT2D eigenvalue weighted by molar-refractivity contribution is -0.383. The summed E-state index contributed by atoms with van der Waals surface area (Å²) < 4.78 is 7.90. The van der Waals surface area contributed by atoms with Crippen LogP contribution in [0.4, 0.5) is 11.4 Å². The Hall–Kier alpha value is -3.66. The number of nitrogens with one attached hydrogen (secondary N) is 1. The lowest BCUT2D eigenvalue weighted by Crippen LogP contribution is -2.16. The molecule has 0 aliphatic rings. The van der Waals surface area contributed by atoms with E-state index in [1.165, 1.54) is 29.5 Å². The van der Waals surface area contributed by atoms with E-state index in [1.54, 1.807) is 18.2 Å². The van der Waals surface area contributed by atoms with Crippen molar-refractivity contribution in [3.05, 3.63) is 82.2 Å². The van der Waals surface area contributed by atoms with Crippen LogP contribution in [0, 0.1) is 24.0 Å². The summed E-state index contributed by atoms with van der Waals surface area (Å²) >= 11 is 1.18. The van der Waals surface area contributed by atoms with E-state index >= 15 is 0 Å². The molecule has 1 heterocycles. The van der Waals surface area contributed by atoms with Crippen LogP contribution in [-0.2, 0) is 11.3 Å². The molecule has 0 saturated heterocycles. The van der Waals surface area contributed by atoms with Gasteiger partial charge in [0.2, 0.25) is 5.91 Å². The number of anilines is 1. The maximum atomic E-state index is 12.4. The number of para-hydroxylation sites is 2. The van der Waals surface area contributed by atoms with Gasteiger partial charge in [-0.15, -0.1) is 16.8 Å². The van der Waals surface area contributed by atoms with Crippen LogP contribution in [0.1, 0.15) is 30.0 Å². The molecule has 0 aliphatic heterocycles. The molecule has 0 saturated carbocycles. The van der Waals surface area contributed by atoms with Crippen molar-refractivity contribution in [2.75, 3.05) is 11.1 Å². The smallest absolute Gasteiger partial charge is 0.292 e. The van der Waals surface area contributed by atoms with Gasteiger partial charge in [0.25, 0.3) is 5.69 Å². The third-order valence-corrected chi connectivity index (χ3v) is 5.89. The van der Waals surface area contributed by atoms with Crippen LogP contribution in [0.2, 0.25) is 0 Å². The second-order valence-electron chi connectivity index (χ2n) is 7.36. The molecular weight excluding hydrogens is 442 g/mol. The normalized spacial score (nSPS) is 11.6. The molecule has 1 atom stereocenters. The largest absolute Gasteiger partial charge is 0.483 e. The van der Waals surface area contributed by atoms with Crippen molar-refractivity contribution in [3.8, 4) is 5.75 Å². The fraction of sp³-hybridized carbons (Fsp3) is 0.261. The Labute approximate surface area is 196 Å². The van der Waals surface area contributed by atoms with Gasteiger partial charge in [0, 0.05) is 12.6 Å². The summed E-state index contributed by atoms with van der Waals surface area (Å²) in [5.74, 6) is 0.961. The number of allylic oxidation sites excluding steroid dienone is 1. The number of hydrogen-bond acceptors (Lipinski definition) is 7. The first kappa shape index (κ1) is 24.0. The predicted molar refractivity (Wildman–Crippen MR) is 128 cm³/mol. The van der Waals surface area contributed by atoms with Crippen LogP contribution in [0.3, 0.4) is 0 Å². The molecule has 0 fully saturated rings. The van der Waals surface area contributed by atoms with Gasteiger partial charge < -0.3 is 10.1 Å². The third-order valence-electron chi connectivity index (χ3n) is 4.92. The minimum absolute atomic E-state index is 0.00766. The van der Waals surface area contributed by atoms with Crippen LogP contribution in [0.25, 0.3) is 0 Å². The summed E-state index contributed by atoms with van der Waals surface area (Å²) in [5.41, 5.74) is 2.30. The molecule has 1 amide bonds. The van der Waals surface area contributed by atoms with Gasteiger partial charge in [-0.25, -0.2) is 0 Å². The first-order valence-corrected chi connectivity index (χ1v) is 11.2. The highest BCUT2D eigenvalue weighted by atomic mass is 32.2. The van der Waals surface area contributed by atoms with Crippen LogP contribution < -0.4 is 10.1 Å². The second-order valence-corrected chi connectivity index (χ2v) is 8.30. The van der Waals surface area contributed by atoms with Crippen LogP contribution in [-0.4, -0.2) is 31.3 Å². The van der Waals surface area contributed by atoms with Crippen LogP contribution >= 0.6 is 11.8 Å². The summed E-state index contributed by atoms with van der Waals surface area (Å²) in [7, 11) is 0. The average molecular weight is 468 g/mol. The zero-order valence-electron chi connectivity index (χ0n) is 18.6. The van der Waals surface area contributed by atoms with Crippen molar-refractivity contribution >= 4 is 29.0 Å². The van der Waals surface area contributed by atoms with Gasteiger partial charge in [0.1, 0.15) is 11.4 Å². The number of carbonyl (C=O) groups is 1. The summed E-state index contributed by atoms with van der Waals surface area (Å²) in [6.45, 7) is 10.2. The van der Waals surface area contributed by atoms with Gasteiger partial charge in [-0.2, -0.15) is 0 Å². The first-order chi connectivity index (χ1) is 15.8. The zero-order valence-corrected chi connectivity index (χ0v) is 19.5. The van der Waals surface area contributed by atoms with E-state index in [1.807, 2.05) is 43.5 Å². The number of hydrogen-bond donors (Lipinski definition) is 1. The molecule has 3 rings (SSSR count). The third kappa shape index (κ3) is 5.98. The number of nitrogens with zero attached hydrogens (tertiary/aromatic N) is 4. The number of nitro benzene ring substituents is 1. The van der Waals surface area contributed by atoms with E-state index in [9.17, 15) is 14.9 Å². The Balaban J connectivity index is 1.70. The van der Waals surface area contributed by atoms with Gasteiger partial charge in [0.15, 0.2) is 17.1 Å². The highest BCUT2D eigenvalue weighted by Crippen LogP contribution is 2.27. The second kappa shape index (κ2) is 10.8. The molecule has 9 nitrogen and oxygen atoms in total. The van der Waals surface area contributed by atoms with Crippen molar-refractivity contribution in [3.63, 3.8) is 0 Å². The Bertz CT molecular complexity index is 1180. The Morgan fingerprint density at radius 3 is 2.73 bits per heavy atom. The number of thioether (sulfide) groups is 1. The SMILES string of the molecule is C=CCn1c(SCC(=O)Nc2ccccc2[N+](=O)[O-])nnc1C(C)Oc1ccc(C)c(C)c1. The molecule has 1 unspecified atom stereocenters. The van der Waals surface area contributed by atoms with Crippen molar-refractivity contribution in [1.29, 1.82) is 0 Å². The summed E-state index contributed by atoms with van der Waals surface area (Å²) in [6, 6.07) is 11.9. The molecule has 0 bridgehead atoms. The molecule has 0 aliphatic carbocycles. The standard InChI is InChI=1S/C23H25N5O4S/c1-5-12-27-22(17(4)32-18-11-10-15(2)16(3)13-18)25-26-23(27)33-14-21(29)24-19-8-6-7-9-20(19)28(30)31/h5-11,13,17H,1,12,14H2,2-4H3,(H,24,29). The fourth-order valence-electron chi connectivity index (χ4n) is 3.11. The number of ether oxygens (including phenoxy) is 1. The summed E-state index contributed by atoms with van der Waals surface area (Å²) in [5, 5.41) is 22.7. The lowest BCUT2D eigenvalue weighted by atomic mass is 10.1. The minimum Gasteiger partial charge on any atom is -0.483 e. The summed E-state index contributed by atoms with van der Waals surface area (Å²) in [6.07, 6.45) is 1.34. The molecular formula is C23H25N5O4S. The minimum atomic E-state index is -0.535. The topological polar surface area (TPSA) is 112 Å². The number of amides is 1. The Morgan fingerprint density at radius 1 is 1.27 bits per heavy atom. The molecule has 1 N–H and O–H groups in total. The maximum absolute atomic E-state index is 12.4. The van der Waals surface area contributed by atoms with Gasteiger partial charge in [-0.1, -0.05) is 36.0 Å². The Kier molecular flexibility index (Phi) is 7.83. The lowest BCUT2D eigenvalue weighted by Gasteiger charge is -2.16. The molecule has 1 aromatic heterocycles. The number of nitro groups is 1. The van der Waals surface area contributed by atoms with Crippen molar-refractivity contribution in [1.82, 2.24) is 14.8 Å². The van der Waals surface area contributed by atoms with E-state index in [-0.39, 0.29) is 29.1 Å². The van der Waals surface area contributed by atoms with E-state index in [4.69, 9.17) is 4.74 Å². The monoisotopic (exact) mass is 467 g/mol. The average Bonchev–Trinajstić information content (AvgIpc) is 3.18. The molecule has 2 aromatic carbocycles.